The fraction of sp³-hybridized carbons (Fsp3) is 0.333. The van der Waals surface area contributed by atoms with E-state index < -0.39 is 0 Å². The SMILES string of the molecule is Cc1cc(Br)c(C(Cl)c2ccccc2C(C)(C)C)cc1Br. The molecule has 0 aliphatic carbocycles. The molecule has 2 aromatic carbocycles. The van der Waals surface area contributed by atoms with Crippen LogP contribution < -0.4 is 0 Å². The van der Waals surface area contributed by atoms with E-state index in [1.807, 2.05) is 0 Å². The minimum Gasteiger partial charge on any atom is -0.113 e. The van der Waals surface area contributed by atoms with Gasteiger partial charge in [-0.15, -0.1) is 11.6 Å². The molecule has 1 atom stereocenters. The molecule has 0 nitrogen and oxygen atoms in total. The van der Waals surface area contributed by atoms with Crippen molar-refractivity contribution in [3.8, 4) is 0 Å². The van der Waals surface area contributed by atoms with Crippen LogP contribution in [-0.4, -0.2) is 0 Å². The Morgan fingerprint density at radius 1 is 0.952 bits per heavy atom. The van der Waals surface area contributed by atoms with Gasteiger partial charge >= 0.3 is 0 Å². The molecule has 0 amide bonds. The maximum Gasteiger partial charge on any atom is 0.0849 e. The monoisotopic (exact) mass is 428 g/mol. The van der Waals surface area contributed by atoms with Crippen LogP contribution in [0.15, 0.2) is 45.3 Å². The number of halogens is 3. The van der Waals surface area contributed by atoms with Crippen molar-refractivity contribution in [1.29, 1.82) is 0 Å². The zero-order chi connectivity index (χ0) is 15.8. The summed E-state index contributed by atoms with van der Waals surface area (Å²) in [6.45, 7) is 8.73. The third-order valence-corrected chi connectivity index (χ3v) is 5.60. The molecule has 2 rings (SSSR count). The summed E-state index contributed by atoms with van der Waals surface area (Å²) in [7, 11) is 0. The third-order valence-electron chi connectivity index (χ3n) is 3.59. The van der Waals surface area contributed by atoms with Crippen LogP contribution >= 0.6 is 43.5 Å². The number of aryl methyl sites for hydroxylation is 1. The van der Waals surface area contributed by atoms with Crippen molar-refractivity contribution >= 4 is 43.5 Å². The average Bonchev–Trinajstić information content (AvgIpc) is 2.41. The molecule has 3 heteroatoms. The van der Waals surface area contributed by atoms with Crippen molar-refractivity contribution in [2.24, 2.45) is 0 Å². The second-order valence-corrected chi connectivity index (χ2v) is 8.47. The van der Waals surface area contributed by atoms with Gasteiger partial charge in [0.2, 0.25) is 0 Å². The molecule has 0 aliphatic rings. The van der Waals surface area contributed by atoms with Gasteiger partial charge in [-0.2, -0.15) is 0 Å². The molecule has 0 saturated carbocycles. The van der Waals surface area contributed by atoms with E-state index in [-0.39, 0.29) is 10.8 Å². The molecule has 0 heterocycles. The Labute approximate surface area is 149 Å². The summed E-state index contributed by atoms with van der Waals surface area (Å²) >= 11 is 14.1. The van der Waals surface area contributed by atoms with Gasteiger partial charge in [0.25, 0.3) is 0 Å². The molecule has 0 fully saturated rings. The highest BCUT2D eigenvalue weighted by Crippen LogP contribution is 2.40. The predicted molar refractivity (Wildman–Crippen MR) is 99.4 cm³/mol. The normalized spacial score (nSPS) is 13.3. The zero-order valence-electron chi connectivity index (χ0n) is 12.7. The van der Waals surface area contributed by atoms with E-state index in [1.165, 1.54) is 16.7 Å². The van der Waals surface area contributed by atoms with Crippen LogP contribution in [-0.2, 0) is 5.41 Å². The predicted octanol–water partition coefficient (Wildman–Crippen LogP) is 7.15. The van der Waals surface area contributed by atoms with Crippen LogP contribution in [0.25, 0.3) is 0 Å². The molecule has 112 valence electrons. The minimum absolute atomic E-state index is 0.0676. The van der Waals surface area contributed by atoms with Crippen LogP contribution in [0.5, 0.6) is 0 Å². The third kappa shape index (κ3) is 3.72. The first-order valence-electron chi connectivity index (χ1n) is 6.91. The summed E-state index contributed by atoms with van der Waals surface area (Å²) in [4.78, 5) is 0. The Morgan fingerprint density at radius 2 is 1.57 bits per heavy atom. The largest absolute Gasteiger partial charge is 0.113 e. The molecule has 0 spiro atoms. The molecular weight excluding hydrogens is 411 g/mol. The molecule has 0 bridgehead atoms. The fourth-order valence-electron chi connectivity index (χ4n) is 2.42. The highest BCUT2D eigenvalue weighted by atomic mass is 79.9. The van der Waals surface area contributed by atoms with Gasteiger partial charge in [0.1, 0.15) is 0 Å². The van der Waals surface area contributed by atoms with Gasteiger partial charge in [-0.25, -0.2) is 0 Å². The van der Waals surface area contributed by atoms with Crippen LogP contribution in [0.4, 0.5) is 0 Å². The standard InChI is InChI=1S/C18H19Br2Cl/c1-11-9-16(20)13(10-15(11)19)17(21)12-7-5-6-8-14(12)18(2,3)4/h5-10,17H,1-4H3. The lowest BCUT2D eigenvalue weighted by molar-refractivity contribution is 0.583. The van der Waals surface area contributed by atoms with Gasteiger partial charge < -0.3 is 0 Å². The van der Waals surface area contributed by atoms with Gasteiger partial charge in [0.05, 0.1) is 5.38 Å². The van der Waals surface area contributed by atoms with Gasteiger partial charge in [0, 0.05) is 8.95 Å². The number of hydrogen-bond donors (Lipinski definition) is 0. The topological polar surface area (TPSA) is 0 Å². The smallest absolute Gasteiger partial charge is 0.0849 e. The lowest BCUT2D eigenvalue weighted by Crippen LogP contribution is -2.15. The molecule has 1 unspecified atom stereocenters. The van der Waals surface area contributed by atoms with E-state index in [9.17, 15) is 0 Å². The lowest BCUT2D eigenvalue weighted by Gasteiger charge is -2.25. The minimum atomic E-state index is -0.174. The summed E-state index contributed by atoms with van der Waals surface area (Å²) in [5.74, 6) is 0. The second kappa shape index (κ2) is 6.44. The molecule has 2 aromatic rings. The average molecular weight is 431 g/mol. The molecule has 0 N–H and O–H groups in total. The van der Waals surface area contributed by atoms with Crippen molar-refractivity contribution in [3.63, 3.8) is 0 Å². The molecule has 0 aromatic heterocycles. The highest BCUT2D eigenvalue weighted by molar-refractivity contribution is 9.11. The Morgan fingerprint density at radius 3 is 2.19 bits per heavy atom. The van der Waals surface area contributed by atoms with E-state index in [2.05, 4.69) is 96.0 Å². The summed E-state index contributed by atoms with van der Waals surface area (Å²) in [6.07, 6.45) is 0. The molecular formula is C18H19Br2Cl. The Kier molecular flexibility index (Phi) is 5.23. The van der Waals surface area contributed by atoms with E-state index >= 15 is 0 Å². The van der Waals surface area contributed by atoms with Crippen LogP contribution in [0.3, 0.4) is 0 Å². The van der Waals surface area contributed by atoms with Gasteiger partial charge in [-0.05, 0) is 46.7 Å². The van der Waals surface area contributed by atoms with Gasteiger partial charge in [-0.3, -0.25) is 0 Å². The number of benzene rings is 2. The number of alkyl halides is 1. The summed E-state index contributed by atoms with van der Waals surface area (Å²) < 4.78 is 2.13. The van der Waals surface area contributed by atoms with E-state index in [0.29, 0.717) is 0 Å². The molecule has 0 radical (unpaired) electrons. The first-order valence-corrected chi connectivity index (χ1v) is 8.93. The summed E-state index contributed by atoms with van der Waals surface area (Å²) in [5, 5.41) is -0.174. The van der Waals surface area contributed by atoms with Crippen molar-refractivity contribution in [1.82, 2.24) is 0 Å². The first-order chi connectivity index (χ1) is 9.71. The first kappa shape index (κ1) is 17.1. The van der Waals surface area contributed by atoms with Gasteiger partial charge in [-0.1, -0.05) is 76.9 Å². The van der Waals surface area contributed by atoms with E-state index in [1.54, 1.807) is 0 Å². The van der Waals surface area contributed by atoms with Crippen molar-refractivity contribution in [2.45, 2.75) is 38.5 Å². The maximum absolute atomic E-state index is 6.82. The van der Waals surface area contributed by atoms with Crippen LogP contribution in [0.1, 0.15) is 48.4 Å². The Balaban J connectivity index is 2.56. The lowest BCUT2D eigenvalue weighted by atomic mass is 9.82. The van der Waals surface area contributed by atoms with Crippen molar-refractivity contribution < 1.29 is 0 Å². The second-order valence-electron chi connectivity index (χ2n) is 6.32. The Hall–Kier alpha value is -0.310. The Bertz CT molecular complexity index is 657. The molecule has 0 saturated heterocycles. The molecule has 0 aliphatic heterocycles. The van der Waals surface area contributed by atoms with Crippen LogP contribution in [0.2, 0.25) is 0 Å². The van der Waals surface area contributed by atoms with Crippen LogP contribution in [0, 0.1) is 6.92 Å². The summed E-state index contributed by atoms with van der Waals surface area (Å²) in [6, 6.07) is 12.6. The maximum atomic E-state index is 6.82. The van der Waals surface area contributed by atoms with Gasteiger partial charge in [0.15, 0.2) is 0 Å². The van der Waals surface area contributed by atoms with E-state index in [0.717, 1.165) is 14.5 Å². The zero-order valence-corrected chi connectivity index (χ0v) is 16.6. The van der Waals surface area contributed by atoms with E-state index in [4.69, 9.17) is 11.6 Å². The van der Waals surface area contributed by atoms with Crippen molar-refractivity contribution in [3.05, 3.63) is 67.6 Å². The highest BCUT2D eigenvalue weighted by Gasteiger charge is 2.23. The quantitative estimate of drug-likeness (QED) is 0.444. The number of hydrogen-bond acceptors (Lipinski definition) is 0. The molecule has 21 heavy (non-hydrogen) atoms. The fourth-order valence-corrected chi connectivity index (χ4v) is 3.97. The van der Waals surface area contributed by atoms with Crippen molar-refractivity contribution in [2.75, 3.05) is 0 Å². The number of rotatable bonds is 2. The summed E-state index contributed by atoms with van der Waals surface area (Å²) in [5.41, 5.74) is 4.80.